The standard InChI is InChI=1S/C18H29NO/c1-2-3-4-5-6-7-8-9-10-11-15-19-17-13-12-14-18(20)16-17/h12-16,20H,2-11H2,1H3. The first kappa shape index (κ1) is 16.7. The van der Waals surface area contributed by atoms with Crippen LogP contribution in [-0.2, 0) is 0 Å². The maximum Gasteiger partial charge on any atom is 0.117 e. The smallest absolute Gasteiger partial charge is 0.117 e. The second-order valence-electron chi connectivity index (χ2n) is 5.45. The number of hydrogen-bond donors (Lipinski definition) is 1. The van der Waals surface area contributed by atoms with E-state index >= 15 is 0 Å². The third-order valence-corrected chi connectivity index (χ3v) is 3.51. The average molecular weight is 275 g/mol. The Labute approximate surface area is 124 Å². The van der Waals surface area contributed by atoms with Gasteiger partial charge in [-0.05, 0) is 25.0 Å². The zero-order chi connectivity index (χ0) is 14.5. The zero-order valence-corrected chi connectivity index (χ0v) is 12.9. The topological polar surface area (TPSA) is 32.6 Å². The van der Waals surface area contributed by atoms with Crippen molar-refractivity contribution in [2.45, 2.75) is 71.1 Å². The molecule has 0 aliphatic rings. The molecule has 2 heteroatoms. The van der Waals surface area contributed by atoms with E-state index < -0.39 is 0 Å². The number of benzene rings is 1. The molecule has 0 bridgehead atoms. The Morgan fingerprint density at radius 2 is 1.60 bits per heavy atom. The van der Waals surface area contributed by atoms with Crippen LogP contribution < -0.4 is 0 Å². The van der Waals surface area contributed by atoms with Crippen LogP contribution in [0.5, 0.6) is 5.75 Å². The molecule has 0 unspecified atom stereocenters. The van der Waals surface area contributed by atoms with Gasteiger partial charge in [-0.2, -0.15) is 0 Å². The van der Waals surface area contributed by atoms with Gasteiger partial charge in [-0.1, -0.05) is 64.4 Å². The maximum atomic E-state index is 9.32. The van der Waals surface area contributed by atoms with Crippen LogP contribution >= 0.6 is 0 Å². The molecule has 0 heterocycles. The summed E-state index contributed by atoms with van der Waals surface area (Å²) < 4.78 is 0. The first-order valence-corrected chi connectivity index (χ1v) is 8.14. The minimum Gasteiger partial charge on any atom is -0.508 e. The Hall–Kier alpha value is -1.31. The monoisotopic (exact) mass is 275 g/mol. The van der Waals surface area contributed by atoms with E-state index in [2.05, 4.69) is 11.9 Å². The molecule has 0 saturated carbocycles. The predicted molar refractivity (Wildman–Crippen MR) is 88.1 cm³/mol. The number of aliphatic imine (C=N–C) groups is 1. The molecular weight excluding hydrogens is 246 g/mol. The largest absolute Gasteiger partial charge is 0.508 e. The maximum absolute atomic E-state index is 9.32. The highest BCUT2D eigenvalue weighted by molar-refractivity contribution is 5.63. The molecule has 1 aromatic carbocycles. The fourth-order valence-corrected chi connectivity index (χ4v) is 2.29. The molecule has 1 aromatic rings. The van der Waals surface area contributed by atoms with Crippen molar-refractivity contribution in [3.63, 3.8) is 0 Å². The van der Waals surface area contributed by atoms with Crippen LogP contribution in [0.2, 0.25) is 0 Å². The van der Waals surface area contributed by atoms with Gasteiger partial charge in [-0.25, -0.2) is 0 Å². The lowest BCUT2D eigenvalue weighted by Gasteiger charge is -2.00. The number of unbranched alkanes of at least 4 members (excludes halogenated alkanes) is 9. The average Bonchev–Trinajstić information content (AvgIpc) is 2.45. The summed E-state index contributed by atoms with van der Waals surface area (Å²) in [7, 11) is 0. The minimum absolute atomic E-state index is 0.280. The van der Waals surface area contributed by atoms with E-state index in [0.29, 0.717) is 0 Å². The predicted octanol–water partition coefficient (Wildman–Crippen LogP) is 6.02. The first-order valence-electron chi connectivity index (χ1n) is 8.14. The quantitative estimate of drug-likeness (QED) is 0.389. The van der Waals surface area contributed by atoms with Gasteiger partial charge in [0.25, 0.3) is 0 Å². The van der Waals surface area contributed by atoms with Gasteiger partial charge in [-0.3, -0.25) is 4.99 Å². The minimum atomic E-state index is 0.280. The molecule has 0 spiro atoms. The third kappa shape index (κ3) is 8.73. The summed E-state index contributed by atoms with van der Waals surface area (Å²) in [5.74, 6) is 0.280. The van der Waals surface area contributed by atoms with Crippen LogP contribution in [0.15, 0.2) is 29.3 Å². The lowest BCUT2D eigenvalue weighted by Crippen LogP contribution is -1.82. The van der Waals surface area contributed by atoms with Gasteiger partial charge in [-0.15, -0.1) is 0 Å². The van der Waals surface area contributed by atoms with Crippen LogP contribution in [0.3, 0.4) is 0 Å². The van der Waals surface area contributed by atoms with Crippen molar-refractivity contribution in [2.24, 2.45) is 4.99 Å². The highest BCUT2D eigenvalue weighted by Crippen LogP contribution is 2.18. The van der Waals surface area contributed by atoms with Crippen molar-refractivity contribution in [3.8, 4) is 5.75 Å². The third-order valence-electron chi connectivity index (χ3n) is 3.51. The number of phenolic OH excluding ortho intramolecular Hbond substituents is 1. The SMILES string of the molecule is CCCCCCCCCCCC=Nc1cccc(O)c1. The molecule has 112 valence electrons. The summed E-state index contributed by atoms with van der Waals surface area (Å²) >= 11 is 0. The zero-order valence-electron chi connectivity index (χ0n) is 12.9. The highest BCUT2D eigenvalue weighted by Gasteiger charge is 1.92. The summed E-state index contributed by atoms with van der Waals surface area (Å²) in [5.41, 5.74) is 0.834. The van der Waals surface area contributed by atoms with Gasteiger partial charge < -0.3 is 5.11 Å². The summed E-state index contributed by atoms with van der Waals surface area (Å²) in [6, 6.07) is 7.08. The number of aromatic hydroxyl groups is 1. The molecule has 0 atom stereocenters. The number of rotatable bonds is 11. The van der Waals surface area contributed by atoms with E-state index in [1.807, 2.05) is 18.3 Å². The first-order chi connectivity index (χ1) is 9.83. The lowest BCUT2D eigenvalue weighted by molar-refractivity contribution is 0.475. The second-order valence-corrected chi connectivity index (χ2v) is 5.45. The van der Waals surface area contributed by atoms with Gasteiger partial charge in [0, 0.05) is 12.3 Å². The molecule has 0 amide bonds. The van der Waals surface area contributed by atoms with Crippen molar-refractivity contribution in [2.75, 3.05) is 0 Å². The van der Waals surface area contributed by atoms with Crippen LogP contribution in [0.25, 0.3) is 0 Å². The van der Waals surface area contributed by atoms with E-state index in [1.165, 1.54) is 57.8 Å². The summed E-state index contributed by atoms with van der Waals surface area (Å²) in [6.07, 6.45) is 15.2. The van der Waals surface area contributed by atoms with Crippen molar-refractivity contribution in [3.05, 3.63) is 24.3 Å². The number of hydrogen-bond acceptors (Lipinski definition) is 2. The molecule has 0 fully saturated rings. The van der Waals surface area contributed by atoms with E-state index in [-0.39, 0.29) is 5.75 Å². The molecule has 20 heavy (non-hydrogen) atoms. The molecule has 0 aliphatic heterocycles. The molecule has 0 saturated heterocycles. The summed E-state index contributed by atoms with van der Waals surface area (Å²) in [5, 5.41) is 9.32. The van der Waals surface area contributed by atoms with Gasteiger partial charge >= 0.3 is 0 Å². The number of phenols is 1. The van der Waals surface area contributed by atoms with E-state index in [1.54, 1.807) is 12.1 Å². The van der Waals surface area contributed by atoms with E-state index in [9.17, 15) is 5.11 Å². The molecule has 0 aliphatic carbocycles. The van der Waals surface area contributed by atoms with Crippen LogP contribution in [0.4, 0.5) is 5.69 Å². The van der Waals surface area contributed by atoms with Gasteiger partial charge in [0.15, 0.2) is 0 Å². The van der Waals surface area contributed by atoms with Crippen molar-refractivity contribution >= 4 is 11.9 Å². The van der Waals surface area contributed by atoms with Gasteiger partial charge in [0.1, 0.15) is 5.75 Å². The molecule has 0 aromatic heterocycles. The summed E-state index contributed by atoms with van der Waals surface area (Å²) in [4.78, 5) is 4.35. The lowest BCUT2D eigenvalue weighted by atomic mass is 10.1. The van der Waals surface area contributed by atoms with Crippen LogP contribution in [0.1, 0.15) is 71.1 Å². The molecule has 1 N–H and O–H groups in total. The van der Waals surface area contributed by atoms with Crippen LogP contribution in [0, 0.1) is 0 Å². The van der Waals surface area contributed by atoms with Crippen molar-refractivity contribution < 1.29 is 5.11 Å². The fraction of sp³-hybridized carbons (Fsp3) is 0.611. The molecule has 2 nitrogen and oxygen atoms in total. The van der Waals surface area contributed by atoms with Gasteiger partial charge in [0.2, 0.25) is 0 Å². The van der Waals surface area contributed by atoms with E-state index in [0.717, 1.165) is 12.1 Å². The Morgan fingerprint density at radius 3 is 2.25 bits per heavy atom. The Balaban J connectivity index is 1.94. The van der Waals surface area contributed by atoms with Crippen LogP contribution in [-0.4, -0.2) is 11.3 Å². The highest BCUT2D eigenvalue weighted by atomic mass is 16.3. The normalized spacial score (nSPS) is 11.2. The molecular formula is C18H29NO. The Morgan fingerprint density at radius 1 is 0.950 bits per heavy atom. The number of nitrogens with zero attached hydrogens (tertiary/aromatic N) is 1. The Kier molecular flexibility index (Phi) is 9.64. The van der Waals surface area contributed by atoms with Crippen molar-refractivity contribution in [1.82, 2.24) is 0 Å². The molecule has 1 rings (SSSR count). The van der Waals surface area contributed by atoms with Gasteiger partial charge in [0.05, 0.1) is 5.69 Å². The van der Waals surface area contributed by atoms with Crippen molar-refractivity contribution in [1.29, 1.82) is 0 Å². The molecule has 0 radical (unpaired) electrons. The Bertz CT molecular complexity index is 373. The summed E-state index contributed by atoms with van der Waals surface area (Å²) in [6.45, 7) is 2.26. The van der Waals surface area contributed by atoms with E-state index in [4.69, 9.17) is 0 Å². The fourth-order valence-electron chi connectivity index (χ4n) is 2.29. The second kappa shape index (κ2) is 11.5.